The summed E-state index contributed by atoms with van der Waals surface area (Å²) < 4.78 is 11.1. The van der Waals surface area contributed by atoms with E-state index in [0.717, 1.165) is 28.4 Å². The molecule has 2 heterocycles. The van der Waals surface area contributed by atoms with E-state index >= 15 is 0 Å². The maximum atomic E-state index is 5.60. The zero-order valence-corrected chi connectivity index (χ0v) is 14.6. The molecule has 7 heteroatoms. The van der Waals surface area contributed by atoms with Crippen molar-refractivity contribution in [3.8, 4) is 11.5 Å². The highest BCUT2D eigenvalue weighted by molar-refractivity contribution is 5.63. The van der Waals surface area contributed by atoms with Crippen molar-refractivity contribution in [2.24, 2.45) is 0 Å². The van der Waals surface area contributed by atoms with Crippen LogP contribution < -0.4 is 20.1 Å². The van der Waals surface area contributed by atoms with Gasteiger partial charge in [-0.2, -0.15) is 10.1 Å². The van der Waals surface area contributed by atoms with Crippen LogP contribution in [-0.2, 0) is 0 Å². The molecule has 0 radical (unpaired) electrons. The number of hydrogen-bond donors (Lipinski definition) is 2. The zero-order valence-electron chi connectivity index (χ0n) is 14.6. The molecule has 4 rings (SSSR count). The third kappa shape index (κ3) is 3.37. The van der Waals surface area contributed by atoms with E-state index in [1.54, 1.807) is 6.20 Å². The number of nitrogens with zero attached hydrogens (tertiary/aromatic N) is 3. The van der Waals surface area contributed by atoms with Gasteiger partial charge in [-0.15, -0.1) is 5.10 Å². The molecule has 1 aliphatic rings. The fourth-order valence-corrected chi connectivity index (χ4v) is 2.69. The van der Waals surface area contributed by atoms with E-state index < -0.39 is 0 Å². The Kier molecular flexibility index (Phi) is 4.27. The molecule has 2 aromatic carbocycles. The van der Waals surface area contributed by atoms with Gasteiger partial charge in [-0.25, -0.2) is 0 Å². The van der Waals surface area contributed by atoms with Crippen LogP contribution in [0.25, 0.3) is 0 Å². The second kappa shape index (κ2) is 6.87. The average Bonchev–Trinajstić information content (AvgIpc) is 2.66. The second-order valence-electron chi connectivity index (χ2n) is 6.02. The van der Waals surface area contributed by atoms with Crippen molar-refractivity contribution in [2.45, 2.75) is 13.8 Å². The molecule has 0 unspecified atom stereocenters. The minimum Gasteiger partial charge on any atom is -0.486 e. The number of aryl methyl sites for hydroxylation is 1. The van der Waals surface area contributed by atoms with Gasteiger partial charge in [0.15, 0.2) is 17.3 Å². The molecule has 0 saturated heterocycles. The Balaban J connectivity index is 1.53. The summed E-state index contributed by atoms with van der Waals surface area (Å²) in [6, 6.07) is 11.7. The van der Waals surface area contributed by atoms with Gasteiger partial charge >= 0.3 is 0 Å². The predicted octanol–water partition coefficient (Wildman–Crippen LogP) is 3.75. The number of rotatable bonds is 4. The Morgan fingerprint density at radius 1 is 0.962 bits per heavy atom. The van der Waals surface area contributed by atoms with Crippen LogP contribution in [0.1, 0.15) is 11.1 Å². The quantitative estimate of drug-likeness (QED) is 0.742. The lowest BCUT2D eigenvalue weighted by Gasteiger charge is -2.19. The summed E-state index contributed by atoms with van der Waals surface area (Å²) in [4.78, 5) is 4.48. The average molecular weight is 349 g/mol. The summed E-state index contributed by atoms with van der Waals surface area (Å²) in [6.45, 7) is 5.25. The predicted molar refractivity (Wildman–Crippen MR) is 99.7 cm³/mol. The molecule has 132 valence electrons. The molecule has 0 bridgehead atoms. The van der Waals surface area contributed by atoms with E-state index in [4.69, 9.17) is 9.47 Å². The Morgan fingerprint density at radius 3 is 2.69 bits per heavy atom. The molecule has 0 fully saturated rings. The first-order valence-electron chi connectivity index (χ1n) is 8.39. The summed E-state index contributed by atoms with van der Waals surface area (Å²) >= 11 is 0. The second-order valence-corrected chi connectivity index (χ2v) is 6.02. The minimum absolute atomic E-state index is 0.432. The third-order valence-corrected chi connectivity index (χ3v) is 4.22. The lowest BCUT2D eigenvalue weighted by atomic mass is 10.1. The maximum Gasteiger partial charge on any atom is 0.249 e. The summed E-state index contributed by atoms with van der Waals surface area (Å²) in [5.74, 6) is 2.49. The van der Waals surface area contributed by atoms with Crippen LogP contribution in [-0.4, -0.2) is 28.4 Å². The van der Waals surface area contributed by atoms with Crippen LogP contribution in [0, 0.1) is 13.8 Å². The first kappa shape index (κ1) is 16.1. The number of aromatic nitrogens is 3. The standard InChI is InChI=1S/C19H19N5O2/c1-12-4-3-5-15(13(12)2)22-19-23-18(11-20-24-19)21-14-6-7-16-17(10-14)26-9-8-25-16/h3-7,10-11H,8-9H2,1-2H3,(H2,21,22,23,24). The first-order valence-corrected chi connectivity index (χ1v) is 8.39. The van der Waals surface area contributed by atoms with Gasteiger partial charge in [-0.1, -0.05) is 12.1 Å². The van der Waals surface area contributed by atoms with Gasteiger partial charge in [0.05, 0.1) is 6.20 Å². The topological polar surface area (TPSA) is 81.2 Å². The van der Waals surface area contributed by atoms with Crippen LogP contribution in [0.2, 0.25) is 0 Å². The SMILES string of the molecule is Cc1cccc(Nc2nncc(Nc3ccc4c(c3)OCCO4)n2)c1C. The summed E-state index contributed by atoms with van der Waals surface area (Å²) in [5.41, 5.74) is 4.16. The Hall–Kier alpha value is -3.35. The Labute approximate surface area is 151 Å². The first-order chi connectivity index (χ1) is 12.7. The van der Waals surface area contributed by atoms with Gasteiger partial charge in [-0.05, 0) is 43.2 Å². The van der Waals surface area contributed by atoms with Crippen LogP contribution in [0.4, 0.5) is 23.1 Å². The van der Waals surface area contributed by atoms with Gasteiger partial charge in [0.2, 0.25) is 5.95 Å². The lowest BCUT2D eigenvalue weighted by molar-refractivity contribution is 0.171. The molecule has 3 aromatic rings. The number of fused-ring (bicyclic) bond motifs is 1. The molecule has 26 heavy (non-hydrogen) atoms. The largest absolute Gasteiger partial charge is 0.486 e. The van der Waals surface area contributed by atoms with Gasteiger partial charge in [0.25, 0.3) is 0 Å². The molecular weight excluding hydrogens is 330 g/mol. The molecule has 0 atom stereocenters. The van der Waals surface area contributed by atoms with Gasteiger partial charge < -0.3 is 20.1 Å². The molecular formula is C19H19N5O2. The van der Waals surface area contributed by atoms with Gasteiger partial charge in [0.1, 0.15) is 13.2 Å². The van der Waals surface area contributed by atoms with E-state index in [1.165, 1.54) is 5.56 Å². The van der Waals surface area contributed by atoms with E-state index in [2.05, 4.69) is 45.7 Å². The van der Waals surface area contributed by atoms with Crippen molar-refractivity contribution in [1.29, 1.82) is 0 Å². The Morgan fingerprint density at radius 2 is 1.81 bits per heavy atom. The number of hydrogen-bond acceptors (Lipinski definition) is 7. The molecule has 7 nitrogen and oxygen atoms in total. The third-order valence-electron chi connectivity index (χ3n) is 4.22. The van der Waals surface area contributed by atoms with Crippen LogP contribution in [0.15, 0.2) is 42.6 Å². The lowest BCUT2D eigenvalue weighted by Crippen LogP contribution is -2.15. The maximum absolute atomic E-state index is 5.60. The van der Waals surface area contributed by atoms with Crippen molar-refractivity contribution in [2.75, 3.05) is 23.8 Å². The minimum atomic E-state index is 0.432. The molecule has 1 aliphatic heterocycles. The Bertz CT molecular complexity index is 945. The van der Waals surface area contributed by atoms with E-state index in [9.17, 15) is 0 Å². The highest BCUT2D eigenvalue weighted by Gasteiger charge is 2.12. The number of benzene rings is 2. The molecule has 0 spiro atoms. The van der Waals surface area contributed by atoms with E-state index in [-0.39, 0.29) is 0 Å². The molecule has 0 aliphatic carbocycles. The summed E-state index contributed by atoms with van der Waals surface area (Å²) in [7, 11) is 0. The van der Waals surface area contributed by atoms with Crippen molar-refractivity contribution >= 4 is 23.1 Å². The van der Waals surface area contributed by atoms with Gasteiger partial charge in [-0.3, -0.25) is 0 Å². The fourth-order valence-electron chi connectivity index (χ4n) is 2.69. The van der Waals surface area contributed by atoms with Crippen molar-refractivity contribution < 1.29 is 9.47 Å². The van der Waals surface area contributed by atoms with Crippen LogP contribution in [0.5, 0.6) is 11.5 Å². The normalized spacial score (nSPS) is 12.5. The monoisotopic (exact) mass is 349 g/mol. The number of ether oxygens (including phenoxy) is 2. The molecule has 2 N–H and O–H groups in total. The zero-order chi connectivity index (χ0) is 17.9. The molecule has 0 saturated carbocycles. The van der Waals surface area contributed by atoms with Crippen molar-refractivity contribution in [1.82, 2.24) is 15.2 Å². The van der Waals surface area contributed by atoms with Gasteiger partial charge in [0, 0.05) is 17.4 Å². The highest BCUT2D eigenvalue weighted by atomic mass is 16.6. The number of anilines is 4. The van der Waals surface area contributed by atoms with E-state index in [0.29, 0.717) is 25.0 Å². The highest BCUT2D eigenvalue weighted by Crippen LogP contribution is 2.33. The van der Waals surface area contributed by atoms with Crippen molar-refractivity contribution in [3.05, 3.63) is 53.7 Å². The van der Waals surface area contributed by atoms with E-state index in [1.807, 2.05) is 30.3 Å². The van der Waals surface area contributed by atoms with Crippen LogP contribution >= 0.6 is 0 Å². The van der Waals surface area contributed by atoms with Crippen molar-refractivity contribution in [3.63, 3.8) is 0 Å². The summed E-state index contributed by atoms with van der Waals surface area (Å²) in [6.07, 6.45) is 1.57. The molecule has 0 amide bonds. The fraction of sp³-hybridized carbons (Fsp3) is 0.211. The molecule has 1 aromatic heterocycles. The van der Waals surface area contributed by atoms with Crippen LogP contribution in [0.3, 0.4) is 0 Å². The summed E-state index contributed by atoms with van der Waals surface area (Å²) in [5, 5.41) is 14.5. The smallest absolute Gasteiger partial charge is 0.249 e. The number of nitrogens with one attached hydrogen (secondary N) is 2.